The number of hydrogen-bond acceptors (Lipinski definition) is 4. The molecule has 0 fully saturated rings. The molecular weight excluding hydrogens is 394 g/mol. The number of para-hydroxylation sites is 1. The lowest BCUT2D eigenvalue weighted by atomic mass is 10.1. The lowest BCUT2D eigenvalue weighted by Gasteiger charge is -2.15. The molecule has 148 valence electrons. The number of nitrogens with zero attached hydrogens (tertiary/aromatic N) is 2. The van der Waals surface area contributed by atoms with Gasteiger partial charge in [-0.05, 0) is 43.2 Å². The van der Waals surface area contributed by atoms with Crippen LogP contribution in [0.4, 0.5) is 14.5 Å². The summed E-state index contributed by atoms with van der Waals surface area (Å²) in [7, 11) is 0. The summed E-state index contributed by atoms with van der Waals surface area (Å²) in [4.78, 5) is 18.9. The molecule has 0 atom stereocenters. The van der Waals surface area contributed by atoms with Gasteiger partial charge in [0.05, 0.1) is 10.7 Å². The number of benzene rings is 2. The molecule has 1 aliphatic heterocycles. The molecule has 0 unspecified atom stereocenters. The Kier molecular flexibility index (Phi) is 5.40. The van der Waals surface area contributed by atoms with Gasteiger partial charge in [-0.1, -0.05) is 24.3 Å². The molecule has 7 heteroatoms. The Hall–Kier alpha value is -3.06. The SMILES string of the molecule is Cc1nc(-c2ccc3c(c2)CCN3C(=O)/C=C/c2ccccc2OC(F)F)cs1. The maximum Gasteiger partial charge on any atom is 0.387 e. The second-order valence-electron chi connectivity index (χ2n) is 6.58. The van der Waals surface area contributed by atoms with Crippen molar-refractivity contribution in [3.05, 3.63) is 70.1 Å². The van der Waals surface area contributed by atoms with E-state index >= 15 is 0 Å². The summed E-state index contributed by atoms with van der Waals surface area (Å²) in [5.41, 5.74) is 4.37. The van der Waals surface area contributed by atoms with Crippen LogP contribution in [0, 0.1) is 6.92 Å². The minimum atomic E-state index is -2.92. The number of hydrogen-bond donors (Lipinski definition) is 0. The van der Waals surface area contributed by atoms with Crippen LogP contribution < -0.4 is 9.64 Å². The summed E-state index contributed by atoms with van der Waals surface area (Å²) in [5, 5.41) is 3.04. The first-order chi connectivity index (χ1) is 14.0. The fourth-order valence-corrected chi connectivity index (χ4v) is 3.98. The molecule has 2 aromatic carbocycles. The van der Waals surface area contributed by atoms with Crippen LogP contribution in [-0.4, -0.2) is 24.0 Å². The van der Waals surface area contributed by atoms with Gasteiger partial charge in [-0.15, -0.1) is 11.3 Å². The van der Waals surface area contributed by atoms with Crippen LogP contribution in [0.2, 0.25) is 0 Å². The number of aryl methyl sites for hydroxylation is 1. The van der Waals surface area contributed by atoms with Gasteiger partial charge in [-0.3, -0.25) is 4.79 Å². The number of halogens is 2. The highest BCUT2D eigenvalue weighted by atomic mass is 32.1. The third-order valence-corrected chi connectivity index (χ3v) is 5.47. The number of thiazole rings is 1. The first-order valence-electron chi connectivity index (χ1n) is 9.10. The Bertz CT molecular complexity index is 1080. The Morgan fingerprint density at radius 3 is 2.86 bits per heavy atom. The Balaban J connectivity index is 1.53. The number of rotatable bonds is 5. The fraction of sp³-hybridized carbons (Fsp3) is 0.182. The maximum atomic E-state index is 12.7. The number of ether oxygens (including phenoxy) is 1. The first kappa shape index (κ1) is 19.3. The van der Waals surface area contributed by atoms with E-state index < -0.39 is 6.61 Å². The second kappa shape index (κ2) is 8.13. The predicted molar refractivity (Wildman–Crippen MR) is 110 cm³/mol. The molecule has 1 aliphatic rings. The van der Waals surface area contributed by atoms with Crippen LogP contribution in [0.5, 0.6) is 5.75 Å². The highest BCUT2D eigenvalue weighted by Gasteiger charge is 2.24. The van der Waals surface area contributed by atoms with Crippen LogP contribution >= 0.6 is 11.3 Å². The monoisotopic (exact) mass is 412 g/mol. The largest absolute Gasteiger partial charge is 0.434 e. The molecule has 4 rings (SSSR count). The molecule has 0 bridgehead atoms. The highest BCUT2D eigenvalue weighted by Crippen LogP contribution is 2.33. The van der Waals surface area contributed by atoms with Gasteiger partial charge in [0.2, 0.25) is 0 Å². The number of amides is 1. The highest BCUT2D eigenvalue weighted by molar-refractivity contribution is 7.09. The molecular formula is C22H18F2N2O2S. The minimum absolute atomic E-state index is 0.0385. The molecule has 1 aromatic heterocycles. The third kappa shape index (κ3) is 4.19. The quantitative estimate of drug-likeness (QED) is 0.533. The molecule has 0 saturated heterocycles. The summed E-state index contributed by atoms with van der Waals surface area (Å²) in [6, 6.07) is 12.4. The number of aromatic nitrogens is 1. The summed E-state index contributed by atoms with van der Waals surface area (Å²) in [6.45, 7) is -0.368. The standard InChI is InChI=1S/C22H18F2N2O2S/c1-14-25-18(13-29-14)16-6-8-19-17(12-16)10-11-26(19)21(27)9-7-15-4-2-3-5-20(15)28-22(23)24/h2-9,12-13,22H,10-11H2,1H3/b9-7+. The number of alkyl halides is 2. The Morgan fingerprint density at radius 2 is 2.10 bits per heavy atom. The molecule has 29 heavy (non-hydrogen) atoms. The van der Waals surface area contributed by atoms with Gasteiger partial charge >= 0.3 is 6.61 Å². The van der Waals surface area contributed by atoms with Crippen molar-refractivity contribution in [3.63, 3.8) is 0 Å². The molecule has 3 aromatic rings. The van der Waals surface area contributed by atoms with Gasteiger partial charge < -0.3 is 9.64 Å². The van der Waals surface area contributed by atoms with Crippen molar-refractivity contribution in [2.24, 2.45) is 0 Å². The zero-order valence-corrected chi connectivity index (χ0v) is 16.5. The lowest BCUT2D eigenvalue weighted by Crippen LogP contribution is -2.26. The van der Waals surface area contributed by atoms with Gasteiger partial charge in [0.15, 0.2) is 0 Å². The van der Waals surface area contributed by atoms with E-state index in [9.17, 15) is 13.6 Å². The van der Waals surface area contributed by atoms with Crippen molar-refractivity contribution in [2.75, 3.05) is 11.4 Å². The van der Waals surface area contributed by atoms with E-state index in [1.807, 2.05) is 24.4 Å². The Labute approximate surface area is 171 Å². The summed E-state index contributed by atoms with van der Waals surface area (Å²) in [6.07, 6.45) is 3.65. The van der Waals surface area contributed by atoms with Crippen LogP contribution in [0.3, 0.4) is 0 Å². The van der Waals surface area contributed by atoms with Crippen molar-refractivity contribution in [1.82, 2.24) is 4.98 Å². The van der Waals surface area contributed by atoms with Gasteiger partial charge in [0, 0.05) is 34.8 Å². The van der Waals surface area contributed by atoms with E-state index in [-0.39, 0.29) is 11.7 Å². The van der Waals surface area contributed by atoms with Crippen LogP contribution in [0.1, 0.15) is 16.1 Å². The van der Waals surface area contributed by atoms with E-state index in [0.29, 0.717) is 12.1 Å². The van der Waals surface area contributed by atoms with Crippen molar-refractivity contribution in [1.29, 1.82) is 0 Å². The van der Waals surface area contributed by atoms with Crippen LogP contribution in [-0.2, 0) is 11.2 Å². The minimum Gasteiger partial charge on any atom is -0.434 e. The zero-order chi connectivity index (χ0) is 20.4. The van der Waals surface area contributed by atoms with E-state index in [1.54, 1.807) is 34.4 Å². The summed E-state index contributed by atoms with van der Waals surface area (Å²) < 4.78 is 29.6. The van der Waals surface area contributed by atoms with Gasteiger partial charge in [0.1, 0.15) is 5.75 Å². The zero-order valence-electron chi connectivity index (χ0n) is 15.6. The van der Waals surface area contributed by atoms with E-state index in [0.717, 1.165) is 33.9 Å². The van der Waals surface area contributed by atoms with Crippen molar-refractivity contribution in [3.8, 4) is 17.0 Å². The van der Waals surface area contributed by atoms with Crippen LogP contribution in [0.25, 0.3) is 17.3 Å². The van der Waals surface area contributed by atoms with E-state index in [2.05, 4.69) is 15.8 Å². The maximum absolute atomic E-state index is 12.7. The molecule has 1 amide bonds. The number of carbonyl (C=O) groups excluding carboxylic acids is 1. The first-order valence-corrected chi connectivity index (χ1v) is 9.98. The average molecular weight is 412 g/mol. The van der Waals surface area contributed by atoms with E-state index in [1.165, 1.54) is 18.2 Å². The fourth-order valence-electron chi connectivity index (χ4n) is 3.36. The summed E-state index contributed by atoms with van der Waals surface area (Å²) >= 11 is 1.61. The topological polar surface area (TPSA) is 42.4 Å². The molecule has 0 radical (unpaired) electrons. The van der Waals surface area contributed by atoms with Crippen molar-refractivity contribution >= 4 is 29.0 Å². The van der Waals surface area contributed by atoms with Gasteiger partial charge in [-0.2, -0.15) is 8.78 Å². The molecule has 0 aliphatic carbocycles. The Morgan fingerprint density at radius 1 is 1.28 bits per heavy atom. The second-order valence-corrected chi connectivity index (χ2v) is 7.65. The molecule has 0 saturated carbocycles. The lowest BCUT2D eigenvalue weighted by molar-refractivity contribution is -0.114. The van der Waals surface area contributed by atoms with Crippen LogP contribution in [0.15, 0.2) is 53.9 Å². The summed E-state index contributed by atoms with van der Waals surface area (Å²) in [5.74, 6) is -0.163. The van der Waals surface area contributed by atoms with Crippen molar-refractivity contribution < 1.29 is 18.3 Å². The normalized spacial score (nSPS) is 13.3. The third-order valence-electron chi connectivity index (χ3n) is 4.70. The number of anilines is 1. The smallest absolute Gasteiger partial charge is 0.387 e. The average Bonchev–Trinajstić information content (AvgIpc) is 3.32. The number of fused-ring (bicyclic) bond motifs is 1. The van der Waals surface area contributed by atoms with Crippen molar-refractivity contribution in [2.45, 2.75) is 20.0 Å². The molecule has 0 spiro atoms. The van der Waals surface area contributed by atoms with Gasteiger partial charge in [-0.25, -0.2) is 4.98 Å². The number of carbonyl (C=O) groups is 1. The molecule has 0 N–H and O–H groups in total. The van der Waals surface area contributed by atoms with E-state index in [4.69, 9.17) is 0 Å². The predicted octanol–water partition coefficient (Wildman–Crippen LogP) is 5.32. The van der Waals surface area contributed by atoms with Gasteiger partial charge in [0.25, 0.3) is 5.91 Å². The molecule has 2 heterocycles. The molecule has 4 nitrogen and oxygen atoms in total.